The molecule has 0 unspecified atom stereocenters. The summed E-state index contributed by atoms with van der Waals surface area (Å²) in [6.07, 6.45) is 0. The Morgan fingerprint density at radius 1 is 0.400 bits per heavy atom. The smallest absolute Gasteiger partial charge is 0.0638 e. The molecule has 0 bridgehead atoms. The molecule has 65 heavy (non-hydrogen) atoms. The number of fused-ring (bicyclic) bond motifs is 6. The Labute approximate surface area is 390 Å². The lowest BCUT2D eigenvalue weighted by Gasteiger charge is -2.31. The minimum atomic E-state index is -0.385. The van der Waals surface area contributed by atoms with Crippen LogP contribution in [-0.2, 0) is 5.41 Å². The van der Waals surface area contributed by atoms with Gasteiger partial charge in [0.2, 0.25) is 0 Å². The summed E-state index contributed by atoms with van der Waals surface area (Å²) in [5, 5.41) is 1.40. The van der Waals surface area contributed by atoms with E-state index < -0.39 is 0 Å². The van der Waals surface area contributed by atoms with E-state index in [0.29, 0.717) is 10.1 Å². The Hall–Kier alpha value is -7.78. The first kappa shape index (κ1) is 34.7. The highest BCUT2D eigenvalue weighted by Crippen LogP contribution is 2.57. The zero-order chi connectivity index (χ0) is 47.0. The van der Waals surface area contributed by atoms with Crippen LogP contribution in [0.25, 0.3) is 86.9 Å². The van der Waals surface area contributed by atoms with Gasteiger partial charge in [-0.3, -0.25) is 0 Å². The molecular formula is C63H45NS. The van der Waals surface area contributed by atoms with E-state index in [1.54, 1.807) is 0 Å². The normalized spacial score (nSPS) is 13.4. The number of benzene rings is 10. The van der Waals surface area contributed by atoms with E-state index in [1.165, 1.54) is 28.0 Å². The number of nitrogens with zero attached hydrogens (tertiary/aromatic N) is 1. The zero-order valence-corrected chi connectivity index (χ0v) is 36.9. The van der Waals surface area contributed by atoms with Crippen LogP contribution in [0.4, 0.5) is 17.1 Å². The van der Waals surface area contributed by atoms with Gasteiger partial charge in [-0.25, -0.2) is 0 Å². The molecule has 2 heteroatoms. The summed E-state index contributed by atoms with van der Waals surface area (Å²) in [5.74, 6) is 0. The number of anilines is 3. The fraction of sp³-hybridized carbons (Fsp3) is 0.0476. The van der Waals surface area contributed by atoms with Gasteiger partial charge in [0.05, 0.1) is 11.2 Å². The Bertz CT molecular complexity index is 3730. The molecule has 1 aromatic heterocycles. The fourth-order valence-corrected chi connectivity index (χ4v) is 11.1. The molecule has 0 saturated heterocycles. The van der Waals surface area contributed by atoms with Crippen molar-refractivity contribution in [2.75, 3.05) is 4.90 Å². The van der Waals surface area contributed by atoms with Crippen molar-refractivity contribution >= 4 is 48.6 Å². The van der Waals surface area contributed by atoms with Gasteiger partial charge in [-0.05, 0) is 127 Å². The highest BCUT2D eigenvalue weighted by molar-refractivity contribution is 7.25. The maximum atomic E-state index is 9.25. The van der Waals surface area contributed by atoms with Gasteiger partial charge in [0.15, 0.2) is 0 Å². The van der Waals surface area contributed by atoms with Crippen LogP contribution in [0.15, 0.2) is 236 Å². The molecule has 0 fully saturated rings. The summed E-state index contributed by atoms with van der Waals surface area (Å²) in [4.78, 5) is 2.46. The second kappa shape index (κ2) is 15.8. The van der Waals surface area contributed by atoms with E-state index >= 15 is 0 Å². The van der Waals surface area contributed by atoms with Crippen LogP contribution in [0.2, 0.25) is 0 Å². The largest absolute Gasteiger partial charge is 0.310 e. The summed E-state index contributed by atoms with van der Waals surface area (Å²) in [5.41, 5.74) is 18.2. The summed E-state index contributed by atoms with van der Waals surface area (Å²) in [7, 11) is 0. The highest BCUT2D eigenvalue weighted by Gasteiger charge is 2.39. The molecule has 1 aliphatic rings. The van der Waals surface area contributed by atoms with E-state index in [4.69, 9.17) is 4.11 Å². The minimum absolute atomic E-state index is 0.00348. The molecule has 0 radical (unpaired) electrons. The van der Waals surface area contributed by atoms with Crippen molar-refractivity contribution < 1.29 is 5.48 Å². The van der Waals surface area contributed by atoms with Gasteiger partial charge in [0.25, 0.3) is 0 Å². The molecule has 12 rings (SSSR count). The van der Waals surface area contributed by atoms with Gasteiger partial charge >= 0.3 is 0 Å². The third-order valence-corrected chi connectivity index (χ3v) is 14.2. The van der Waals surface area contributed by atoms with Gasteiger partial charge in [-0.2, -0.15) is 0 Å². The predicted octanol–water partition coefficient (Wildman–Crippen LogP) is 18.2. The predicted molar refractivity (Wildman–Crippen MR) is 279 cm³/mol. The topological polar surface area (TPSA) is 3.24 Å². The fourth-order valence-electron chi connectivity index (χ4n) is 10.1. The second-order valence-electron chi connectivity index (χ2n) is 17.4. The van der Waals surface area contributed by atoms with E-state index in [9.17, 15) is 1.37 Å². The first-order chi connectivity index (χ1) is 33.7. The first-order valence-electron chi connectivity index (χ1n) is 24.2. The van der Waals surface area contributed by atoms with E-state index in [1.807, 2.05) is 6.07 Å². The van der Waals surface area contributed by atoms with Crippen LogP contribution in [0.1, 0.15) is 30.5 Å². The average Bonchev–Trinajstić information content (AvgIpc) is 3.91. The van der Waals surface area contributed by atoms with Gasteiger partial charge < -0.3 is 4.90 Å². The van der Waals surface area contributed by atoms with Crippen LogP contribution in [0.3, 0.4) is 0 Å². The lowest BCUT2D eigenvalue weighted by Crippen LogP contribution is -2.16. The van der Waals surface area contributed by atoms with Crippen molar-refractivity contribution in [1.82, 2.24) is 0 Å². The average molecular weight is 852 g/mol. The van der Waals surface area contributed by atoms with Gasteiger partial charge in [-0.1, -0.05) is 196 Å². The molecule has 0 saturated carbocycles. The quantitative estimate of drug-likeness (QED) is 0.147. The summed E-state index contributed by atoms with van der Waals surface area (Å²) < 4.78 is 37.0. The van der Waals surface area contributed by atoms with Crippen molar-refractivity contribution in [3.63, 3.8) is 0 Å². The maximum Gasteiger partial charge on any atom is 0.0638 e. The second-order valence-corrected chi connectivity index (χ2v) is 18.4. The number of thiophene rings is 1. The summed E-state index contributed by atoms with van der Waals surface area (Å²) in [6, 6.07) is 75.6. The van der Waals surface area contributed by atoms with Gasteiger partial charge in [0.1, 0.15) is 0 Å². The minimum Gasteiger partial charge on any atom is -0.310 e. The third kappa shape index (κ3) is 6.69. The van der Waals surface area contributed by atoms with Crippen LogP contribution in [-0.4, -0.2) is 0 Å². The van der Waals surface area contributed by atoms with Gasteiger partial charge in [-0.15, -0.1) is 11.3 Å². The SMILES string of the molecule is [2H]c1c([2H])c([2H])c2c(sc3cccc(-c4cc(N(c5cc(-c6ccccc6)cc(-c6ccccc6)c5)c5ccc(-c6ccccc6)c(-c6ccccc6)c5)c5c(c4)C(C)(C)c4ccccc4-5)c32)c1[2H]. The molecule has 1 nitrogen and oxygen atoms in total. The molecule has 0 spiro atoms. The number of hydrogen-bond acceptors (Lipinski definition) is 2. The Morgan fingerprint density at radius 2 is 0.985 bits per heavy atom. The molecule has 0 N–H and O–H groups in total. The Kier molecular flexibility index (Phi) is 8.42. The van der Waals surface area contributed by atoms with Crippen molar-refractivity contribution in [3.05, 3.63) is 248 Å². The monoisotopic (exact) mass is 851 g/mol. The van der Waals surface area contributed by atoms with Crippen LogP contribution >= 0.6 is 11.3 Å². The molecule has 10 aromatic carbocycles. The third-order valence-electron chi connectivity index (χ3n) is 13.2. The summed E-state index contributed by atoms with van der Waals surface area (Å²) >= 11 is 1.43. The number of hydrogen-bond donors (Lipinski definition) is 0. The molecule has 11 aromatic rings. The molecule has 1 aliphatic carbocycles. The molecule has 0 amide bonds. The van der Waals surface area contributed by atoms with Gasteiger partial charge in [0, 0.05) is 42.5 Å². The first-order valence-corrected chi connectivity index (χ1v) is 23.0. The molecule has 0 aliphatic heterocycles. The van der Waals surface area contributed by atoms with Crippen LogP contribution in [0, 0.1) is 0 Å². The zero-order valence-electron chi connectivity index (χ0n) is 40.1. The summed E-state index contributed by atoms with van der Waals surface area (Å²) in [6.45, 7) is 4.64. The Balaban J connectivity index is 1.22. The lowest BCUT2D eigenvalue weighted by molar-refractivity contribution is 0.660. The molecular weight excluding hydrogens is 803 g/mol. The lowest BCUT2D eigenvalue weighted by atomic mass is 9.81. The van der Waals surface area contributed by atoms with Crippen molar-refractivity contribution in [2.45, 2.75) is 19.3 Å². The Morgan fingerprint density at radius 3 is 1.66 bits per heavy atom. The van der Waals surface area contributed by atoms with Crippen molar-refractivity contribution in [1.29, 1.82) is 0 Å². The maximum absolute atomic E-state index is 9.25. The van der Waals surface area contributed by atoms with E-state index in [-0.39, 0.29) is 29.6 Å². The van der Waals surface area contributed by atoms with E-state index in [0.717, 1.165) is 88.3 Å². The van der Waals surface area contributed by atoms with Crippen molar-refractivity contribution in [2.24, 2.45) is 0 Å². The standard InChI is InChI=1S/C63H45NS/c1-63(2)56-31-17-15-28-53(56)62-57(63)39-48(52-30-19-33-60-61(52)54-29-16-18-32-59(54)65-60)40-58(62)64(49-34-35-51(44-24-11-5-12-25-44)55(41-49)45-26-13-6-14-27-45)50-37-46(42-20-7-3-8-21-42)36-47(38-50)43-22-9-4-10-23-43/h3-41H,1-2H3/i16D,18D,29D,32D. The van der Waals surface area contributed by atoms with Crippen LogP contribution in [0.5, 0.6) is 0 Å². The van der Waals surface area contributed by atoms with Crippen LogP contribution < -0.4 is 4.90 Å². The van der Waals surface area contributed by atoms with Crippen molar-refractivity contribution in [3.8, 4) is 66.8 Å². The van der Waals surface area contributed by atoms with E-state index in [2.05, 4.69) is 225 Å². The molecule has 308 valence electrons. The molecule has 0 atom stereocenters. The highest BCUT2D eigenvalue weighted by atomic mass is 32.1. The number of rotatable bonds is 8. The molecule has 1 heterocycles.